The minimum absolute atomic E-state index is 0.713. The van der Waals surface area contributed by atoms with Crippen molar-refractivity contribution in [3.05, 3.63) is 77.1 Å². The first-order valence-corrected chi connectivity index (χ1v) is 8.69. The zero-order valence-corrected chi connectivity index (χ0v) is 15.2. The third-order valence-corrected chi connectivity index (χ3v) is 4.12. The first kappa shape index (κ1) is 17.2. The lowest BCUT2D eigenvalue weighted by Crippen LogP contribution is -2.23. The largest absolute Gasteiger partial charge is 0.352 e. The topological polar surface area (TPSA) is 41.0 Å². The molecule has 1 heterocycles. The molecule has 0 fully saturated rings. The van der Waals surface area contributed by atoms with E-state index in [1.54, 1.807) is 0 Å². The van der Waals surface area contributed by atoms with E-state index >= 15 is 0 Å². The number of rotatable bonds is 6. The maximum absolute atomic E-state index is 5.94. The molecule has 0 saturated heterocycles. The zero-order valence-electron chi connectivity index (χ0n) is 14.4. The normalized spacial score (nSPS) is 10.5. The predicted molar refractivity (Wildman–Crippen MR) is 105 cm³/mol. The second-order valence-electron chi connectivity index (χ2n) is 5.79. The van der Waals surface area contributed by atoms with Crippen LogP contribution in [0, 0.1) is 6.92 Å². The molecule has 3 aromatic rings. The summed E-state index contributed by atoms with van der Waals surface area (Å²) in [6.07, 6.45) is 0. The Labute approximate surface area is 153 Å². The summed E-state index contributed by atoms with van der Waals surface area (Å²) in [6.45, 7) is 5.72. The van der Waals surface area contributed by atoms with Crippen molar-refractivity contribution in [3.63, 3.8) is 0 Å². The van der Waals surface area contributed by atoms with Gasteiger partial charge >= 0.3 is 0 Å². The highest BCUT2D eigenvalue weighted by molar-refractivity contribution is 6.30. The van der Waals surface area contributed by atoms with E-state index in [4.69, 9.17) is 11.6 Å². The molecule has 0 unspecified atom stereocenters. The maximum Gasteiger partial charge on any atom is 0.136 e. The summed E-state index contributed by atoms with van der Waals surface area (Å²) in [5.41, 5.74) is 2.20. The van der Waals surface area contributed by atoms with E-state index in [9.17, 15) is 0 Å². The molecule has 0 aliphatic rings. The van der Waals surface area contributed by atoms with Crippen molar-refractivity contribution in [2.24, 2.45) is 0 Å². The van der Waals surface area contributed by atoms with Crippen LogP contribution in [-0.2, 0) is 6.54 Å². The summed E-state index contributed by atoms with van der Waals surface area (Å²) in [7, 11) is 0. The monoisotopic (exact) mass is 352 g/mol. The van der Waals surface area contributed by atoms with Gasteiger partial charge < -0.3 is 10.2 Å². The quantitative estimate of drug-likeness (QED) is 0.661. The van der Waals surface area contributed by atoms with Crippen molar-refractivity contribution in [3.8, 4) is 0 Å². The Bertz CT molecular complexity index is 819. The molecule has 0 aliphatic heterocycles. The highest BCUT2D eigenvalue weighted by atomic mass is 35.5. The summed E-state index contributed by atoms with van der Waals surface area (Å²) in [6, 6.07) is 20.0. The van der Waals surface area contributed by atoms with Gasteiger partial charge in [-0.25, -0.2) is 9.97 Å². The van der Waals surface area contributed by atoms with Crippen LogP contribution in [0.3, 0.4) is 0 Å². The summed E-state index contributed by atoms with van der Waals surface area (Å²) in [5.74, 6) is 2.42. The lowest BCUT2D eigenvalue weighted by Gasteiger charge is -2.23. The van der Waals surface area contributed by atoms with E-state index in [0.29, 0.717) is 5.02 Å². The molecule has 3 rings (SSSR count). The molecule has 5 heteroatoms. The van der Waals surface area contributed by atoms with Crippen molar-refractivity contribution < 1.29 is 0 Å². The van der Waals surface area contributed by atoms with Gasteiger partial charge in [-0.1, -0.05) is 41.9 Å². The number of nitrogens with zero attached hydrogens (tertiary/aromatic N) is 3. The molecule has 1 N–H and O–H groups in total. The molecule has 25 heavy (non-hydrogen) atoms. The highest BCUT2D eigenvalue weighted by Gasteiger charge is 2.10. The fraction of sp³-hybridized carbons (Fsp3) is 0.200. The van der Waals surface area contributed by atoms with Crippen LogP contribution in [0.4, 0.5) is 17.3 Å². The Morgan fingerprint density at radius 3 is 2.40 bits per heavy atom. The van der Waals surface area contributed by atoms with Gasteiger partial charge in [0.1, 0.15) is 17.5 Å². The van der Waals surface area contributed by atoms with Gasteiger partial charge in [-0.05, 0) is 43.7 Å². The molecule has 4 nitrogen and oxygen atoms in total. The third kappa shape index (κ3) is 4.70. The number of nitrogens with one attached hydrogen (secondary N) is 1. The molecular formula is C20H21ClN4. The first-order chi connectivity index (χ1) is 12.1. The number of halogens is 1. The standard InChI is InChI=1S/C20H21ClN4/c1-3-25(14-16-7-5-4-6-8-16)20-13-19(22-15(2)23-20)24-18-11-9-17(21)10-12-18/h4-13H,3,14H2,1-2H3,(H,22,23,24). The van der Waals surface area contributed by atoms with E-state index in [-0.39, 0.29) is 0 Å². The van der Waals surface area contributed by atoms with Crippen molar-refractivity contribution >= 4 is 28.9 Å². The average molecular weight is 353 g/mol. The van der Waals surface area contributed by atoms with Crippen LogP contribution in [-0.4, -0.2) is 16.5 Å². The summed E-state index contributed by atoms with van der Waals surface area (Å²) >= 11 is 5.94. The molecule has 0 bridgehead atoms. The van der Waals surface area contributed by atoms with Crippen LogP contribution in [0.5, 0.6) is 0 Å². The number of aromatic nitrogens is 2. The molecule has 0 spiro atoms. The maximum atomic E-state index is 5.94. The van der Waals surface area contributed by atoms with E-state index < -0.39 is 0 Å². The smallest absolute Gasteiger partial charge is 0.136 e. The van der Waals surface area contributed by atoms with Crippen LogP contribution < -0.4 is 10.2 Å². The molecule has 0 saturated carbocycles. The Hall–Kier alpha value is -2.59. The molecule has 0 radical (unpaired) electrons. The number of aryl methyl sites for hydroxylation is 1. The summed E-state index contributed by atoms with van der Waals surface area (Å²) in [4.78, 5) is 11.3. The minimum Gasteiger partial charge on any atom is -0.352 e. The van der Waals surface area contributed by atoms with Crippen molar-refractivity contribution in [1.29, 1.82) is 0 Å². The van der Waals surface area contributed by atoms with E-state index in [1.165, 1.54) is 5.56 Å². The van der Waals surface area contributed by atoms with E-state index in [1.807, 2.05) is 43.3 Å². The second-order valence-corrected chi connectivity index (χ2v) is 6.23. The van der Waals surface area contributed by atoms with Gasteiger partial charge in [0.2, 0.25) is 0 Å². The molecule has 0 amide bonds. The van der Waals surface area contributed by atoms with Crippen LogP contribution in [0.2, 0.25) is 5.02 Å². The van der Waals surface area contributed by atoms with Gasteiger partial charge in [-0.15, -0.1) is 0 Å². The Morgan fingerprint density at radius 2 is 1.72 bits per heavy atom. The Morgan fingerprint density at radius 1 is 1.00 bits per heavy atom. The Balaban J connectivity index is 1.83. The van der Waals surface area contributed by atoms with Crippen LogP contribution in [0.15, 0.2) is 60.7 Å². The van der Waals surface area contributed by atoms with Gasteiger partial charge in [-0.2, -0.15) is 0 Å². The predicted octanol–water partition coefficient (Wildman–Crippen LogP) is 5.21. The number of benzene rings is 2. The molecule has 0 aliphatic carbocycles. The molecule has 128 valence electrons. The fourth-order valence-corrected chi connectivity index (χ4v) is 2.74. The van der Waals surface area contributed by atoms with Gasteiger partial charge in [0, 0.05) is 29.9 Å². The zero-order chi connectivity index (χ0) is 17.6. The summed E-state index contributed by atoms with van der Waals surface area (Å²) in [5, 5.41) is 4.03. The van der Waals surface area contributed by atoms with Crippen LogP contribution in [0.1, 0.15) is 18.3 Å². The van der Waals surface area contributed by atoms with Crippen molar-refractivity contribution in [2.45, 2.75) is 20.4 Å². The van der Waals surface area contributed by atoms with Crippen LogP contribution in [0.25, 0.3) is 0 Å². The number of anilines is 3. The first-order valence-electron chi connectivity index (χ1n) is 8.31. The molecule has 2 aromatic carbocycles. The highest BCUT2D eigenvalue weighted by Crippen LogP contribution is 2.22. The fourth-order valence-electron chi connectivity index (χ4n) is 2.62. The molecule has 0 atom stereocenters. The minimum atomic E-state index is 0.713. The van der Waals surface area contributed by atoms with E-state index in [2.05, 4.69) is 51.4 Å². The molecule has 1 aromatic heterocycles. The lowest BCUT2D eigenvalue weighted by atomic mass is 10.2. The van der Waals surface area contributed by atoms with Gasteiger partial charge in [0.05, 0.1) is 0 Å². The molecular weight excluding hydrogens is 332 g/mol. The second kappa shape index (κ2) is 7.99. The van der Waals surface area contributed by atoms with Gasteiger partial charge in [-0.3, -0.25) is 0 Å². The average Bonchev–Trinajstić information content (AvgIpc) is 2.62. The Kier molecular flexibility index (Phi) is 5.51. The van der Waals surface area contributed by atoms with E-state index in [0.717, 1.165) is 36.2 Å². The SMILES string of the molecule is CCN(Cc1ccccc1)c1cc(Nc2ccc(Cl)cc2)nc(C)n1. The number of hydrogen-bond acceptors (Lipinski definition) is 4. The van der Waals surface area contributed by atoms with Crippen molar-refractivity contribution in [2.75, 3.05) is 16.8 Å². The summed E-state index contributed by atoms with van der Waals surface area (Å²) < 4.78 is 0. The third-order valence-electron chi connectivity index (χ3n) is 3.86. The van der Waals surface area contributed by atoms with Crippen LogP contribution >= 0.6 is 11.6 Å². The van der Waals surface area contributed by atoms with Gasteiger partial charge in [0.15, 0.2) is 0 Å². The van der Waals surface area contributed by atoms with Crippen molar-refractivity contribution in [1.82, 2.24) is 9.97 Å². The number of hydrogen-bond donors (Lipinski definition) is 1. The lowest BCUT2D eigenvalue weighted by molar-refractivity contribution is 0.805. The van der Waals surface area contributed by atoms with Gasteiger partial charge in [0.25, 0.3) is 0 Å².